The number of hydrogen-bond donors (Lipinski definition) is 1. The summed E-state index contributed by atoms with van der Waals surface area (Å²) in [6, 6.07) is 3.38. The fourth-order valence-corrected chi connectivity index (χ4v) is 2.07. The summed E-state index contributed by atoms with van der Waals surface area (Å²) in [5.74, 6) is -0.405. The van der Waals surface area contributed by atoms with Crippen LogP contribution in [-0.4, -0.2) is 24.8 Å². The second-order valence-electron chi connectivity index (χ2n) is 3.37. The lowest BCUT2D eigenvalue weighted by Gasteiger charge is -2.22. The van der Waals surface area contributed by atoms with Gasteiger partial charge in [-0.1, -0.05) is 12.2 Å². The van der Waals surface area contributed by atoms with Gasteiger partial charge in [-0.05, 0) is 28.1 Å². The zero-order valence-corrected chi connectivity index (χ0v) is 10.2. The zero-order chi connectivity index (χ0) is 11.7. The molecule has 1 aromatic rings. The molecular weight excluding hydrogens is 274 g/mol. The predicted molar refractivity (Wildman–Crippen MR) is 63.6 cm³/mol. The van der Waals surface area contributed by atoms with Crippen molar-refractivity contribution in [1.82, 2.24) is 0 Å². The van der Waals surface area contributed by atoms with Crippen LogP contribution < -0.4 is 5.06 Å². The van der Waals surface area contributed by atoms with E-state index in [9.17, 15) is 10.0 Å². The van der Waals surface area contributed by atoms with Gasteiger partial charge in [0.1, 0.15) is 0 Å². The molecule has 0 radical (unpaired) electrons. The van der Waals surface area contributed by atoms with E-state index in [1.54, 1.807) is 12.1 Å². The normalized spacial score (nSPS) is 13.6. The number of nitrogens with zero attached hydrogens (tertiary/aromatic N) is 1. The average Bonchev–Trinajstić information content (AvgIpc) is 2.29. The van der Waals surface area contributed by atoms with Crippen LogP contribution in [0, 0.1) is 0 Å². The largest absolute Gasteiger partial charge is 0.465 e. The van der Waals surface area contributed by atoms with E-state index in [1.165, 1.54) is 7.11 Å². The van der Waals surface area contributed by atoms with E-state index >= 15 is 0 Å². The summed E-state index contributed by atoms with van der Waals surface area (Å²) in [5.41, 5.74) is 1.90. The molecule has 1 aliphatic rings. The molecule has 0 amide bonds. The highest BCUT2D eigenvalue weighted by molar-refractivity contribution is 9.10. The van der Waals surface area contributed by atoms with Crippen LogP contribution in [0.1, 0.15) is 15.9 Å². The van der Waals surface area contributed by atoms with Gasteiger partial charge in [-0.15, -0.1) is 0 Å². The quantitative estimate of drug-likeness (QED) is 0.805. The summed E-state index contributed by atoms with van der Waals surface area (Å²) in [6.45, 7) is 0.441. The number of anilines is 1. The highest BCUT2D eigenvalue weighted by atomic mass is 79.9. The first-order valence-corrected chi connectivity index (χ1v) is 5.47. The maximum Gasteiger partial charge on any atom is 0.339 e. The van der Waals surface area contributed by atoms with E-state index < -0.39 is 5.97 Å². The molecule has 84 valence electrons. The molecule has 0 aliphatic carbocycles. The Bertz CT molecular complexity index is 471. The van der Waals surface area contributed by atoms with Crippen LogP contribution in [0.4, 0.5) is 5.69 Å². The van der Waals surface area contributed by atoms with E-state index in [0.717, 1.165) is 10.6 Å². The number of benzene rings is 1. The molecule has 16 heavy (non-hydrogen) atoms. The smallest absolute Gasteiger partial charge is 0.339 e. The van der Waals surface area contributed by atoms with Crippen molar-refractivity contribution in [1.29, 1.82) is 0 Å². The van der Waals surface area contributed by atoms with Crippen LogP contribution in [0.2, 0.25) is 0 Å². The Labute approximate surface area is 101 Å². The number of carbonyl (C=O) groups is 1. The van der Waals surface area contributed by atoms with Crippen molar-refractivity contribution in [2.75, 3.05) is 18.7 Å². The van der Waals surface area contributed by atoms with E-state index in [4.69, 9.17) is 0 Å². The number of esters is 1. The summed E-state index contributed by atoms with van der Waals surface area (Å²) in [7, 11) is 1.34. The summed E-state index contributed by atoms with van der Waals surface area (Å²) in [4.78, 5) is 11.4. The van der Waals surface area contributed by atoms with Gasteiger partial charge < -0.3 is 4.74 Å². The summed E-state index contributed by atoms with van der Waals surface area (Å²) < 4.78 is 5.27. The maximum absolute atomic E-state index is 11.4. The predicted octanol–water partition coefficient (Wildman–Crippen LogP) is 2.46. The number of hydrogen-bond acceptors (Lipinski definition) is 4. The van der Waals surface area contributed by atoms with Crippen molar-refractivity contribution in [2.24, 2.45) is 0 Å². The third kappa shape index (κ3) is 1.83. The standard InChI is InChI=1S/C11H10BrNO3/c1-16-11(14)8-5-7-3-2-4-13(15)10(7)6-9(8)12/h2-3,5-6,15H,4H2,1H3. The van der Waals surface area contributed by atoms with Crippen molar-refractivity contribution in [2.45, 2.75) is 0 Å². The van der Waals surface area contributed by atoms with Crippen LogP contribution >= 0.6 is 15.9 Å². The second kappa shape index (κ2) is 4.27. The van der Waals surface area contributed by atoms with Crippen molar-refractivity contribution in [3.8, 4) is 0 Å². The monoisotopic (exact) mass is 283 g/mol. The van der Waals surface area contributed by atoms with Crippen LogP contribution in [0.3, 0.4) is 0 Å². The molecule has 0 unspecified atom stereocenters. The minimum atomic E-state index is -0.405. The number of ether oxygens (including phenoxy) is 1. The van der Waals surface area contributed by atoms with Crippen LogP contribution in [0.15, 0.2) is 22.7 Å². The minimum Gasteiger partial charge on any atom is -0.465 e. The van der Waals surface area contributed by atoms with Crippen molar-refractivity contribution < 1.29 is 14.7 Å². The molecule has 1 heterocycles. The molecule has 1 aromatic carbocycles. The van der Waals surface area contributed by atoms with Gasteiger partial charge in [0.2, 0.25) is 0 Å². The topological polar surface area (TPSA) is 49.8 Å². The van der Waals surface area contributed by atoms with E-state index in [0.29, 0.717) is 22.3 Å². The summed E-state index contributed by atoms with van der Waals surface area (Å²) >= 11 is 3.28. The maximum atomic E-state index is 11.4. The molecule has 1 N–H and O–H groups in total. The molecule has 2 rings (SSSR count). The van der Waals surface area contributed by atoms with E-state index in [1.807, 2.05) is 12.2 Å². The molecule has 0 fully saturated rings. The summed E-state index contributed by atoms with van der Waals surface area (Å²) in [6.07, 6.45) is 3.68. The Morgan fingerprint density at radius 3 is 3.00 bits per heavy atom. The lowest BCUT2D eigenvalue weighted by Crippen LogP contribution is -2.21. The number of fused-ring (bicyclic) bond motifs is 1. The fraction of sp³-hybridized carbons (Fsp3) is 0.182. The Morgan fingerprint density at radius 1 is 1.56 bits per heavy atom. The van der Waals surface area contributed by atoms with Gasteiger partial charge in [-0.3, -0.25) is 10.3 Å². The van der Waals surface area contributed by atoms with E-state index in [-0.39, 0.29) is 0 Å². The van der Waals surface area contributed by atoms with Gasteiger partial charge in [0.05, 0.1) is 24.9 Å². The lowest BCUT2D eigenvalue weighted by molar-refractivity contribution is 0.0599. The number of methoxy groups -OCH3 is 1. The first-order valence-electron chi connectivity index (χ1n) is 4.68. The first kappa shape index (κ1) is 11.2. The van der Waals surface area contributed by atoms with Gasteiger partial charge >= 0.3 is 5.97 Å². The number of carbonyl (C=O) groups excluding carboxylic acids is 1. The van der Waals surface area contributed by atoms with Gasteiger partial charge in [0.25, 0.3) is 0 Å². The van der Waals surface area contributed by atoms with Crippen molar-refractivity contribution in [3.63, 3.8) is 0 Å². The molecule has 0 atom stereocenters. The van der Waals surface area contributed by atoms with Gasteiger partial charge in [-0.2, -0.15) is 0 Å². The molecule has 0 saturated heterocycles. The third-order valence-electron chi connectivity index (χ3n) is 2.38. The number of halogens is 1. The Hall–Kier alpha value is -1.33. The average molecular weight is 284 g/mol. The molecule has 5 heteroatoms. The lowest BCUT2D eigenvalue weighted by atomic mass is 10.1. The molecule has 1 aliphatic heterocycles. The SMILES string of the molecule is COC(=O)c1cc2c(cc1Br)N(O)CC=C2. The van der Waals surface area contributed by atoms with Crippen molar-refractivity contribution >= 4 is 33.7 Å². The molecule has 0 bridgehead atoms. The van der Waals surface area contributed by atoms with Gasteiger partial charge in [-0.25, -0.2) is 4.79 Å². The molecule has 0 spiro atoms. The Morgan fingerprint density at radius 2 is 2.31 bits per heavy atom. The molecular formula is C11H10BrNO3. The van der Waals surface area contributed by atoms with Crippen LogP contribution in [-0.2, 0) is 4.74 Å². The van der Waals surface area contributed by atoms with Gasteiger partial charge in [0, 0.05) is 10.0 Å². The third-order valence-corrected chi connectivity index (χ3v) is 3.03. The minimum absolute atomic E-state index is 0.405. The number of hydroxylamine groups is 1. The Kier molecular flexibility index (Phi) is 2.98. The van der Waals surface area contributed by atoms with E-state index in [2.05, 4.69) is 20.7 Å². The number of rotatable bonds is 1. The van der Waals surface area contributed by atoms with Crippen LogP contribution in [0.25, 0.3) is 6.08 Å². The highest BCUT2D eigenvalue weighted by Crippen LogP contribution is 2.31. The molecule has 0 saturated carbocycles. The van der Waals surface area contributed by atoms with Gasteiger partial charge in [0.15, 0.2) is 0 Å². The first-order chi connectivity index (χ1) is 7.63. The highest BCUT2D eigenvalue weighted by Gasteiger charge is 2.17. The second-order valence-corrected chi connectivity index (χ2v) is 4.22. The molecule has 4 nitrogen and oxygen atoms in total. The Balaban J connectivity index is 2.54. The summed E-state index contributed by atoms with van der Waals surface area (Å²) in [5, 5.41) is 10.7. The van der Waals surface area contributed by atoms with Crippen LogP contribution in [0.5, 0.6) is 0 Å². The zero-order valence-electron chi connectivity index (χ0n) is 8.61. The fourth-order valence-electron chi connectivity index (χ4n) is 1.58. The van der Waals surface area contributed by atoms with Crippen molar-refractivity contribution in [3.05, 3.63) is 33.8 Å². The molecule has 0 aromatic heterocycles.